The van der Waals surface area contributed by atoms with Crippen LogP contribution in [0.3, 0.4) is 0 Å². The van der Waals surface area contributed by atoms with Gasteiger partial charge in [-0.1, -0.05) is 18.2 Å². The van der Waals surface area contributed by atoms with Gasteiger partial charge in [-0.15, -0.1) is 12.4 Å². The Kier molecular flexibility index (Phi) is 2.14. The highest BCUT2D eigenvalue weighted by atomic mass is 35.5. The maximum Gasteiger partial charge on any atom is 0.154 e. The second kappa shape index (κ2) is 3.31. The van der Waals surface area contributed by atoms with Crippen LogP contribution in [0, 0.1) is 0 Å². The number of para-hydroxylation sites is 1. The minimum Gasteiger partial charge on any atom is -0.454 e. The van der Waals surface area contributed by atoms with Gasteiger partial charge in [0.25, 0.3) is 0 Å². The molecule has 3 heteroatoms. The minimum atomic E-state index is 0. The van der Waals surface area contributed by atoms with Crippen molar-refractivity contribution >= 4 is 23.4 Å². The molecule has 0 aliphatic carbocycles. The largest absolute Gasteiger partial charge is 0.454 e. The smallest absolute Gasteiger partial charge is 0.154 e. The Morgan fingerprint density at radius 1 is 1.07 bits per heavy atom. The summed E-state index contributed by atoms with van der Waals surface area (Å²) in [5.41, 5.74) is 1.96. The Morgan fingerprint density at radius 3 is 2.86 bits per heavy atom. The van der Waals surface area contributed by atoms with E-state index in [1.165, 1.54) is 0 Å². The first kappa shape index (κ1) is 9.03. The molecule has 1 aromatic rings. The lowest BCUT2D eigenvalue weighted by molar-refractivity contribution is 0.621. The second-order valence-electron chi connectivity index (χ2n) is 3.01. The minimum absolute atomic E-state index is 0. The molecule has 14 heavy (non-hydrogen) atoms. The van der Waals surface area contributed by atoms with Crippen LogP contribution in [0.5, 0.6) is 0 Å². The maximum atomic E-state index is 5.62. The van der Waals surface area contributed by atoms with Crippen LogP contribution in [0.25, 0.3) is 22.3 Å². The summed E-state index contributed by atoms with van der Waals surface area (Å²) in [6.45, 7) is 0. The molecule has 0 spiro atoms. The van der Waals surface area contributed by atoms with Crippen molar-refractivity contribution < 1.29 is 4.42 Å². The van der Waals surface area contributed by atoms with Crippen LogP contribution in [-0.4, -0.2) is 4.98 Å². The van der Waals surface area contributed by atoms with E-state index in [-0.39, 0.29) is 12.4 Å². The van der Waals surface area contributed by atoms with E-state index in [0.717, 1.165) is 22.3 Å². The van der Waals surface area contributed by atoms with E-state index >= 15 is 0 Å². The van der Waals surface area contributed by atoms with Crippen molar-refractivity contribution in [3.63, 3.8) is 0 Å². The van der Waals surface area contributed by atoms with E-state index in [0.29, 0.717) is 0 Å². The molecule has 2 aliphatic heterocycles. The van der Waals surface area contributed by atoms with E-state index in [9.17, 15) is 0 Å². The van der Waals surface area contributed by atoms with Gasteiger partial charge in [-0.3, -0.25) is 4.98 Å². The quantitative estimate of drug-likeness (QED) is 0.563. The normalized spacial score (nSPS) is 10.3. The Bertz CT molecular complexity index is 485. The van der Waals surface area contributed by atoms with Gasteiger partial charge in [-0.25, -0.2) is 0 Å². The molecule has 0 aromatic heterocycles. The topological polar surface area (TPSA) is 26.0 Å². The summed E-state index contributed by atoms with van der Waals surface area (Å²) < 4.78 is 5.62. The van der Waals surface area contributed by atoms with Gasteiger partial charge in [0, 0.05) is 17.1 Å². The lowest BCUT2D eigenvalue weighted by atomic mass is 10.1. The average molecular weight is 206 g/mol. The Morgan fingerprint density at radius 2 is 1.93 bits per heavy atom. The average Bonchev–Trinajstić information content (AvgIpc) is 2.61. The fourth-order valence-electron chi connectivity index (χ4n) is 1.50. The van der Waals surface area contributed by atoms with Crippen molar-refractivity contribution in [1.29, 1.82) is 0 Å². The lowest BCUT2D eigenvalue weighted by Crippen LogP contribution is -1.75. The number of benzene rings is 1. The zero-order chi connectivity index (χ0) is 8.67. The molecule has 0 radical (unpaired) electrons. The molecule has 0 saturated heterocycles. The van der Waals surface area contributed by atoms with Crippen LogP contribution in [0.4, 0.5) is 0 Å². The number of rotatable bonds is 0. The number of nitrogens with zero attached hydrogens (tertiary/aromatic N) is 1. The Labute approximate surface area is 87.3 Å². The third-order valence-electron chi connectivity index (χ3n) is 2.14. The monoisotopic (exact) mass is 205 g/mol. The van der Waals surface area contributed by atoms with Crippen LogP contribution in [0.1, 0.15) is 0 Å². The number of hydrogen-bond donors (Lipinski definition) is 0. The van der Waals surface area contributed by atoms with Crippen molar-refractivity contribution in [2.24, 2.45) is 0 Å². The molecule has 0 bridgehead atoms. The van der Waals surface area contributed by atoms with Gasteiger partial charge in [-0.2, -0.15) is 0 Å². The van der Waals surface area contributed by atoms with Crippen molar-refractivity contribution in [1.82, 2.24) is 4.98 Å². The van der Waals surface area contributed by atoms with Gasteiger partial charge in [-0.05, 0) is 12.1 Å². The predicted octanol–water partition coefficient (Wildman–Crippen LogP) is 3.35. The van der Waals surface area contributed by atoms with Crippen LogP contribution in [-0.2, 0) is 0 Å². The zero-order valence-electron chi connectivity index (χ0n) is 7.31. The first-order valence-corrected chi connectivity index (χ1v) is 4.16. The van der Waals surface area contributed by atoms with Crippen LogP contribution >= 0.6 is 12.4 Å². The van der Waals surface area contributed by atoms with Gasteiger partial charge in [0.15, 0.2) is 5.76 Å². The van der Waals surface area contributed by atoms with Crippen molar-refractivity contribution in [3.8, 4) is 11.3 Å². The summed E-state index contributed by atoms with van der Waals surface area (Å²) >= 11 is 0. The predicted molar refractivity (Wildman–Crippen MR) is 57.9 cm³/mol. The molecule has 0 N–H and O–H groups in total. The molecule has 3 rings (SSSR count). The number of aromatic nitrogens is 1. The molecule has 2 heterocycles. The van der Waals surface area contributed by atoms with Crippen LogP contribution < -0.4 is 0 Å². The first-order valence-electron chi connectivity index (χ1n) is 4.16. The lowest BCUT2D eigenvalue weighted by Gasteiger charge is -2.00. The molecule has 0 unspecified atom stereocenters. The third-order valence-corrected chi connectivity index (χ3v) is 2.14. The maximum absolute atomic E-state index is 5.62. The summed E-state index contributed by atoms with van der Waals surface area (Å²) in [5.74, 6) is 0.846. The fraction of sp³-hybridized carbons (Fsp3) is 0. The van der Waals surface area contributed by atoms with E-state index in [4.69, 9.17) is 4.42 Å². The highest BCUT2D eigenvalue weighted by Gasteiger charge is 2.06. The molecule has 0 saturated carbocycles. The van der Waals surface area contributed by atoms with Gasteiger partial charge in [0.05, 0.1) is 6.20 Å². The van der Waals surface area contributed by atoms with Gasteiger partial charge >= 0.3 is 0 Å². The van der Waals surface area contributed by atoms with Crippen molar-refractivity contribution in [2.75, 3.05) is 0 Å². The molecule has 2 nitrogen and oxygen atoms in total. The number of fused-ring (bicyclic) bond motifs is 2. The SMILES string of the molecule is Cl.c1ccc2oc3cncc-3cc2c1. The zero-order valence-corrected chi connectivity index (χ0v) is 8.12. The summed E-state index contributed by atoms with van der Waals surface area (Å²) in [4.78, 5) is 4.03. The first-order chi connectivity index (χ1) is 6.43. The Hall–Kier alpha value is -1.54. The van der Waals surface area contributed by atoms with Crippen LogP contribution in [0.2, 0.25) is 0 Å². The molecular formula is C11H8ClNO. The molecule has 1 aromatic carbocycles. The summed E-state index contributed by atoms with van der Waals surface area (Å²) in [6.07, 6.45) is 3.55. The molecule has 2 aliphatic rings. The Balaban J connectivity index is 0.000000750. The van der Waals surface area contributed by atoms with E-state index in [1.807, 2.05) is 30.5 Å². The molecule has 0 amide bonds. The summed E-state index contributed by atoms with van der Waals surface area (Å²) in [7, 11) is 0. The fourth-order valence-corrected chi connectivity index (χ4v) is 1.50. The second-order valence-corrected chi connectivity index (χ2v) is 3.01. The summed E-state index contributed by atoms with van der Waals surface area (Å²) in [5, 5.41) is 1.11. The van der Waals surface area contributed by atoms with Gasteiger partial charge in [0.1, 0.15) is 5.58 Å². The molecular weight excluding hydrogens is 198 g/mol. The molecule has 0 fully saturated rings. The van der Waals surface area contributed by atoms with Crippen LogP contribution in [0.15, 0.2) is 47.1 Å². The van der Waals surface area contributed by atoms with E-state index < -0.39 is 0 Å². The molecule has 70 valence electrons. The number of hydrogen-bond acceptors (Lipinski definition) is 2. The highest BCUT2D eigenvalue weighted by Crippen LogP contribution is 2.27. The highest BCUT2D eigenvalue weighted by molar-refractivity contribution is 5.85. The van der Waals surface area contributed by atoms with Gasteiger partial charge in [0.2, 0.25) is 0 Å². The van der Waals surface area contributed by atoms with Crippen molar-refractivity contribution in [3.05, 3.63) is 42.7 Å². The summed E-state index contributed by atoms with van der Waals surface area (Å²) in [6, 6.07) is 10.0. The van der Waals surface area contributed by atoms with Gasteiger partial charge < -0.3 is 4.42 Å². The standard InChI is InChI=1S/C11H7NO.ClH/c1-2-4-10-8(3-1)5-9-6-12-7-11(9)13-10;/h1-7H;1H. The van der Waals surface area contributed by atoms with E-state index in [2.05, 4.69) is 11.1 Å². The van der Waals surface area contributed by atoms with Crippen molar-refractivity contribution in [2.45, 2.75) is 0 Å². The number of halogens is 1. The third kappa shape index (κ3) is 1.24. The molecule has 0 atom stereocenters. The van der Waals surface area contributed by atoms with E-state index in [1.54, 1.807) is 6.20 Å².